The normalized spacial score (nSPS) is 39.7. The van der Waals surface area contributed by atoms with Crippen molar-refractivity contribution < 1.29 is 4.79 Å². The summed E-state index contributed by atoms with van der Waals surface area (Å²) in [5, 5.41) is 6.53. The summed E-state index contributed by atoms with van der Waals surface area (Å²) in [6.45, 7) is 4.28. The molecule has 3 atom stereocenters. The average molecular weight is 231 g/mol. The van der Waals surface area contributed by atoms with Crippen LogP contribution in [0.3, 0.4) is 0 Å². The molecule has 0 bridgehead atoms. The second kappa shape index (κ2) is 3.63. The summed E-state index contributed by atoms with van der Waals surface area (Å²) < 4.78 is 0. The van der Waals surface area contributed by atoms with Gasteiger partial charge in [0.2, 0.25) is 5.91 Å². The fourth-order valence-corrected chi connectivity index (χ4v) is 3.02. The zero-order valence-electron chi connectivity index (χ0n) is 9.08. The Morgan fingerprint density at radius 1 is 1.33 bits per heavy atom. The van der Waals surface area contributed by atoms with Crippen LogP contribution in [0, 0.1) is 17.8 Å². The number of carbonyl (C=O) groups is 1. The molecule has 1 aliphatic heterocycles. The van der Waals surface area contributed by atoms with E-state index in [9.17, 15) is 4.79 Å². The number of halogens is 1. The summed E-state index contributed by atoms with van der Waals surface area (Å²) in [5.41, 5.74) is 0.140. The van der Waals surface area contributed by atoms with Gasteiger partial charge < -0.3 is 10.6 Å². The predicted molar refractivity (Wildman–Crippen MR) is 61.0 cm³/mol. The summed E-state index contributed by atoms with van der Waals surface area (Å²) in [7, 11) is 0. The molecule has 1 saturated heterocycles. The van der Waals surface area contributed by atoms with Crippen LogP contribution in [0.25, 0.3) is 0 Å². The van der Waals surface area contributed by atoms with Crippen LogP contribution in [0.1, 0.15) is 26.2 Å². The maximum absolute atomic E-state index is 11.9. The van der Waals surface area contributed by atoms with E-state index in [4.69, 9.17) is 0 Å². The second-order valence-corrected chi connectivity index (χ2v) is 5.42. The minimum Gasteiger partial charge on any atom is -0.351 e. The third-order valence-corrected chi connectivity index (χ3v) is 4.28. The van der Waals surface area contributed by atoms with Crippen LogP contribution in [0.5, 0.6) is 0 Å². The number of fused-ring (bicyclic) bond motifs is 1. The lowest BCUT2D eigenvalue weighted by molar-refractivity contribution is -0.125. The molecule has 0 aromatic carbocycles. The van der Waals surface area contributed by atoms with E-state index < -0.39 is 0 Å². The number of hydrogen-bond donors (Lipinski definition) is 2. The van der Waals surface area contributed by atoms with E-state index in [-0.39, 0.29) is 17.9 Å². The van der Waals surface area contributed by atoms with Crippen LogP contribution in [-0.4, -0.2) is 24.5 Å². The van der Waals surface area contributed by atoms with E-state index >= 15 is 0 Å². The Kier molecular flexibility index (Phi) is 2.72. The van der Waals surface area contributed by atoms with Crippen molar-refractivity contribution in [2.24, 2.45) is 17.8 Å². The molecule has 15 heavy (non-hydrogen) atoms. The highest BCUT2D eigenvalue weighted by Crippen LogP contribution is 2.49. The van der Waals surface area contributed by atoms with E-state index in [0.717, 1.165) is 13.1 Å². The average Bonchev–Trinajstić information content (AvgIpc) is 2.59. The van der Waals surface area contributed by atoms with Crippen LogP contribution < -0.4 is 10.6 Å². The summed E-state index contributed by atoms with van der Waals surface area (Å²) in [6.07, 6.45) is 3.61. The van der Waals surface area contributed by atoms with E-state index in [1.165, 1.54) is 19.3 Å². The summed E-state index contributed by atoms with van der Waals surface area (Å²) in [5.74, 6) is 1.97. The number of hydrogen-bond acceptors (Lipinski definition) is 2. The summed E-state index contributed by atoms with van der Waals surface area (Å²) in [6, 6.07) is 0. The number of rotatable bonds is 2. The van der Waals surface area contributed by atoms with Crippen molar-refractivity contribution in [3.8, 4) is 0 Å². The van der Waals surface area contributed by atoms with Crippen molar-refractivity contribution in [1.29, 1.82) is 0 Å². The quantitative estimate of drug-likeness (QED) is 0.741. The Morgan fingerprint density at radius 2 is 1.93 bits per heavy atom. The van der Waals surface area contributed by atoms with Crippen LogP contribution >= 0.6 is 12.4 Å². The minimum atomic E-state index is 0. The molecule has 2 aliphatic carbocycles. The van der Waals surface area contributed by atoms with Gasteiger partial charge in [0, 0.05) is 11.5 Å². The van der Waals surface area contributed by atoms with Crippen molar-refractivity contribution in [3.05, 3.63) is 0 Å². The molecule has 1 amide bonds. The first-order valence-corrected chi connectivity index (χ1v) is 5.72. The highest BCUT2D eigenvalue weighted by atomic mass is 35.5. The lowest BCUT2D eigenvalue weighted by atomic mass is 9.78. The van der Waals surface area contributed by atoms with Gasteiger partial charge in [-0.2, -0.15) is 0 Å². The molecule has 0 unspecified atom stereocenters. The fraction of sp³-hybridized carbons (Fsp3) is 0.909. The molecule has 0 radical (unpaired) electrons. The number of piperidine rings is 1. The van der Waals surface area contributed by atoms with Crippen molar-refractivity contribution in [1.82, 2.24) is 10.6 Å². The van der Waals surface area contributed by atoms with Crippen molar-refractivity contribution in [3.63, 3.8) is 0 Å². The molecule has 86 valence electrons. The van der Waals surface area contributed by atoms with Crippen LogP contribution in [0.4, 0.5) is 0 Å². The second-order valence-electron chi connectivity index (χ2n) is 5.42. The molecule has 0 spiro atoms. The first kappa shape index (κ1) is 11.2. The van der Waals surface area contributed by atoms with Gasteiger partial charge >= 0.3 is 0 Å². The number of nitrogens with one attached hydrogen (secondary N) is 2. The Bertz CT molecular complexity index is 268. The van der Waals surface area contributed by atoms with E-state index in [0.29, 0.717) is 23.7 Å². The lowest BCUT2D eigenvalue weighted by Gasteiger charge is -2.39. The van der Waals surface area contributed by atoms with E-state index in [1.54, 1.807) is 0 Å². The zero-order chi connectivity index (χ0) is 9.76. The summed E-state index contributed by atoms with van der Waals surface area (Å²) in [4.78, 5) is 11.9. The van der Waals surface area contributed by atoms with Crippen molar-refractivity contribution in [2.45, 2.75) is 31.7 Å². The molecule has 0 aromatic heterocycles. The third-order valence-electron chi connectivity index (χ3n) is 4.28. The fourth-order valence-electron chi connectivity index (χ4n) is 3.02. The molecular formula is C11H19ClN2O. The predicted octanol–water partition coefficient (Wildman–Crippen LogP) is 0.932. The van der Waals surface area contributed by atoms with Gasteiger partial charge in [-0.05, 0) is 51.1 Å². The highest BCUT2D eigenvalue weighted by Gasteiger charge is 2.57. The van der Waals surface area contributed by atoms with Gasteiger partial charge in [0.05, 0.1) is 0 Å². The van der Waals surface area contributed by atoms with Crippen LogP contribution in [0.15, 0.2) is 0 Å². The molecule has 3 fully saturated rings. The van der Waals surface area contributed by atoms with Gasteiger partial charge in [-0.3, -0.25) is 4.79 Å². The highest BCUT2D eigenvalue weighted by molar-refractivity contribution is 5.85. The Hall–Kier alpha value is -0.280. The third kappa shape index (κ3) is 1.76. The van der Waals surface area contributed by atoms with E-state index in [1.807, 2.05) is 0 Å². The van der Waals surface area contributed by atoms with Gasteiger partial charge in [0.15, 0.2) is 0 Å². The molecule has 4 heteroatoms. The Balaban J connectivity index is 0.000000853. The lowest BCUT2D eigenvalue weighted by Crippen LogP contribution is -2.52. The molecular weight excluding hydrogens is 212 g/mol. The monoisotopic (exact) mass is 230 g/mol. The van der Waals surface area contributed by atoms with E-state index in [2.05, 4.69) is 17.6 Å². The van der Waals surface area contributed by atoms with Gasteiger partial charge in [0.1, 0.15) is 0 Å². The summed E-state index contributed by atoms with van der Waals surface area (Å²) >= 11 is 0. The SMILES string of the molecule is CC1(NC(=O)[C@H]2[C@@H]3CNC[C@@H]32)CCC1.Cl. The molecule has 0 aromatic rings. The molecule has 2 saturated carbocycles. The number of amides is 1. The van der Waals surface area contributed by atoms with Gasteiger partial charge in [-0.25, -0.2) is 0 Å². The van der Waals surface area contributed by atoms with Gasteiger partial charge in [0.25, 0.3) is 0 Å². The Morgan fingerprint density at radius 3 is 2.40 bits per heavy atom. The molecule has 1 heterocycles. The maximum Gasteiger partial charge on any atom is 0.224 e. The van der Waals surface area contributed by atoms with Crippen molar-refractivity contribution >= 4 is 18.3 Å². The van der Waals surface area contributed by atoms with Crippen LogP contribution in [-0.2, 0) is 4.79 Å². The van der Waals surface area contributed by atoms with Gasteiger partial charge in [-0.1, -0.05) is 0 Å². The molecule has 3 rings (SSSR count). The molecule has 3 nitrogen and oxygen atoms in total. The topological polar surface area (TPSA) is 41.1 Å². The smallest absolute Gasteiger partial charge is 0.224 e. The van der Waals surface area contributed by atoms with Gasteiger partial charge in [-0.15, -0.1) is 12.4 Å². The van der Waals surface area contributed by atoms with Crippen molar-refractivity contribution in [2.75, 3.05) is 13.1 Å². The first-order valence-electron chi connectivity index (χ1n) is 5.72. The molecule has 3 aliphatic rings. The number of carbonyl (C=O) groups excluding carboxylic acids is 1. The first-order chi connectivity index (χ1) is 6.70. The standard InChI is InChI=1S/C11H18N2O.ClH/c1-11(3-2-4-11)13-10(14)9-7-5-12-6-8(7)9;/h7-9,12H,2-6H2,1H3,(H,13,14);1H/t7-,8+,9+;. The Labute approximate surface area is 96.8 Å². The largest absolute Gasteiger partial charge is 0.351 e. The molecule has 2 N–H and O–H groups in total. The maximum atomic E-state index is 11.9. The zero-order valence-corrected chi connectivity index (χ0v) is 9.90. The minimum absolute atomic E-state index is 0. The van der Waals surface area contributed by atoms with Crippen LogP contribution in [0.2, 0.25) is 0 Å².